The van der Waals surface area contributed by atoms with Crippen LogP contribution in [0.4, 0.5) is 5.69 Å². The lowest BCUT2D eigenvalue weighted by molar-refractivity contribution is 0.102. The number of imidazole rings is 1. The van der Waals surface area contributed by atoms with E-state index in [0.717, 1.165) is 40.1 Å². The lowest BCUT2D eigenvalue weighted by atomic mass is 10.1. The molecule has 0 aliphatic carbocycles. The molecule has 0 unspecified atom stereocenters. The number of fused-ring (bicyclic) bond motifs is 1. The van der Waals surface area contributed by atoms with Crippen molar-refractivity contribution in [3.05, 3.63) is 90.6 Å². The molecule has 0 fully saturated rings. The summed E-state index contributed by atoms with van der Waals surface area (Å²) in [5, 5.41) is 4.02. The molecule has 1 aromatic heterocycles. The summed E-state index contributed by atoms with van der Waals surface area (Å²) < 4.78 is 7.95. The van der Waals surface area contributed by atoms with Gasteiger partial charge in [0.05, 0.1) is 5.69 Å². The molecule has 3 aromatic carbocycles. The molecule has 2 heterocycles. The van der Waals surface area contributed by atoms with E-state index >= 15 is 0 Å². The molecule has 6 heteroatoms. The summed E-state index contributed by atoms with van der Waals surface area (Å²) in [4.78, 5) is 17.4. The van der Waals surface area contributed by atoms with Crippen molar-refractivity contribution in [1.82, 2.24) is 9.55 Å². The minimum absolute atomic E-state index is 0.165. The first-order valence-electron chi connectivity index (χ1n) is 9.69. The van der Waals surface area contributed by atoms with Crippen LogP contribution >= 0.6 is 11.8 Å². The Labute approximate surface area is 178 Å². The molecule has 0 atom stereocenters. The first-order chi connectivity index (χ1) is 14.7. The second-order valence-corrected chi connectivity index (χ2v) is 7.99. The van der Waals surface area contributed by atoms with Crippen LogP contribution in [0.3, 0.4) is 0 Å². The number of amides is 1. The number of nitrogens with one attached hydrogen (secondary N) is 1. The van der Waals surface area contributed by atoms with Gasteiger partial charge in [-0.1, -0.05) is 42.1 Å². The zero-order chi connectivity index (χ0) is 20.3. The van der Waals surface area contributed by atoms with E-state index in [1.165, 1.54) is 0 Å². The number of carbonyl (C=O) groups excluding carboxylic acids is 1. The molecule has 0 spiro atoms. The fourth-order valence-corrected chi connectivity index (χ4v) is 4.25. The maximum atomic E-state index is 12.7. The smallest absolute Gasteiger partial charge is 0.255 e. The van der Waals surface area contributed by atoms with Crippen LogP contribution in [0.15, 0.2) is 90.2 Å². The Hall–Kier alpha value is -3.51. The first-order valence-corrected chi connectivity index (χ1v) is 10.7. The van der Waals surface area contributed by atoms with Crippen molar-refractivity contribution >= 4 is 23.4 Å². The topological polar surface area (TPSA) is 56.2 Å². The summed E-state index contributed by atoms with van der Waals surface area (Å²) in [5.74, 6) is 2.36. The van der Waals surface area contributed by atoms with Gasteiger partial charge in [0.25, 0.3) is 5.91 Å². The second kappa shape index (κ2) is 8.08. The summed E-state index contributed by atoms with van der Waals surface area (Å²) >= 11 is 1.77. The van der Waals surface area contributed by atoms with Crippen molar-refractivity contribution in [3.63, 3.8) is 0 Å². The van der Waals surface area contributed by atoms with Crippen LogP contribution in [-0.2, 0) is 6.54 Å². The summed E-state index contributed by atoms with van der Waals surface area (Å²) in [6.07, 6.45) is 2.07. The molecule has 5 nitrogen and oxygen atoms in total. The number of hydrogen-bond acceptors (Lipinski definition) is 4. The van der Waals surface area contributed by atoms with Gasteiger partial charge in [0, 0.05) is 35.3 Å². The molecular weight excluding hydrogens is 394 g/mol. The maximum Gasteiger partial charge on any atom is 0.255 e. The third-order valence-electron chi connectivity index (χ3n) is 4.81. The van der Waals surface area contributed by atoms with Crippen LogP contribution in [0.25, 0.3) is 11.3 Å². The largest absolute Gasteiger partial charge is 0.457 e. The summed E-state index contributed by atoms with van der Waals surface area (Å²) in [6.45, 7) is 0.993. The van der Waals surface area contributed by atoms with Crippen molar-refractivity contribution in [1.29, 1.82) is 0 Å². The molecule has 5 rings (SSSR count). The Bertz CT molecular complexity index is 1170. The van der Waals surface area contributed by atoms with E-state index in [1.54, 1.807) is 36.0 Å². The predicted molar refractivity (Wildman–Crippen MR) is 119 cm³/mol. The molecule has 1 aliphatic heterocycles. The third-order valence-corrected chi connectivity index (χ3v) is 5.79. The standard InChI is InChI=1S/C24H19N3O2S/c28-23(17-9-11-21(12-10-17)29-20-7-2-1-3-8-20)25-19-6-4-5-18(15-19)22-16-27-13-14-30-24(27)26-22/h1-12,15-16H,13-14H2,(H,25,28). The molecule has 30 heavy (non-hydrogen) atoms. The predicted octanol–water partition coefficient (Wildman–Crippen LogP) is 5.70. The van der Waals surface area contributed by atoms with Crippen LogP contribution in [0.1, 0.15) is 10.4 Å². The van der Waals surface area contributed by atoms with Gasteiger partial charge >= 0.3 is 0 Å². The van der Waals surface area contributed by atoms with Crippen LogP contribution in [0.5, 0.6) is 11.5 Å². The highest BCUT2D eigenvalue weighted by molar-refractivity contribution is 7.99. The van der Waals surface area contributed by atoms with E-state index in [2.05, 4.69) is 21.1 Å². The minimum Gasteiger partial charge on any atom is -0.457 e. The highest BCUT2D eigenvalue weighted by atomic mass is 32.2. The van der Waals surface area contributed by atoms with E-state index in [9.17, 15) is 4.79 Å². The van der Waals surface area contributed by atoms with Crippen LogP contribution < -0.4 is 10.1 Å². The highest BCUT2D eigenvalue weighted by Gasteiger charge is 2.15. The average molecular weight is 414 g/mol. The van der Waals surface area contributed by atoms with Crippen LogP contribution in [-0.4, -0.2) is 21.2 Å². The molecule has 0 bridgehead atoms. The molecule has 0 saturated carbocycles. The van der Waals surface area contributed by atoms with Gasteiger partial charge < -0.3 is 14.6 Å². The zero-order valence-corrected chi connectivity index (χ0v) is 16.9. The summed E-state index contributed by atoms with van der Waals surface area (Å²) in [6, 6.07) is 24.4. The van der Waals surface area contributed by atoms with Crippen LogP contribution in [0, 0.1) is 0 Å². The Morgan fingerprint density at radius 1 is 0.967 bits per heavy atom. The van der Waals surface area contributed by atoms with Gasteiger partial charge in [-0.25, -0.2) is 4.98 Å². The number of anilines is 1. The molecule has 4 aromatic rings. The van der Waals surface area contributed by atoms with Crippen molar-refractivity contribution < 1.29 is 9.53 Å². The number of benzene rings is 3. The number of aryl methyl sites for hydroxylation is 1. The summed E-state index contributed by atoms with van der Waals surface area (Å²) in [7, 11) is 0. The van der Waals surface area contributed by atoms with E-state index in [-0.39, 0.29) is 5.91 Å². The Kier molecular flexibility index (Phi) is 4.99. The number of carbonyl (C=O) groups is 1. The zero-order valence-electron chi connectivity index (χ0n) is 16.1. The van der Waals surface area contributed by atoms with Gasteiger partial charge in [-0.3, -0.25) is 4.79 Å². The normalized spacial score (nSPS) is 12.4. The number of para-hydroxylation sites is 1. The Morgan fingerprint density at radius 3 is 2.57 bits per heavy atom. The van der Waals surface area contributed by atoms with Crippen LogP contribution in [0.2, 0.25) is 0 Å². The van der Waals surface area contributed by atoms with Gasteiger partial charge in [0.2, 0.25) is 0 Å². The lowest BCUT2D eigenvalue weighted by Gasteiger charge is -2.08. The van der Waals surface area contributed by atoms with Crippen molar-refractivity contribution in [2.45, 2.75) is 11.7 Å². The number of ether oxygens (including phenoxy) is 1. The minimum atomic E-state index is -0.165. The van der Waals surface area contributed by atoms with E-state index in [1.807, 2.05) is 54.6 Å². The molecular formula is C24H19N3O2S. The van der Waals surface area contributed by atoms with Gasteiger partial charge in [-0.05, 0) is 48.5 Å². The molecule has 1 amide bonds. The highest BCUT2D eigenvalue weighted by Crippen LogP contribution is 2.30. The monoisotopic (exact) mass is 413 g/mol. The summed E-state index contributed by atoms with van der Waals surface area (Å²) in [5.41, 5.74) is 3.22. The molecule has 1 N–H and O–H groups in total. The number of rotatable bonds is 5. The lowest BCUT2D eigenvalue weighted by Crippen LogP contribution is -2.11. The molecule has 0 saturated heterocycles. The van der Waals surface area contributed by atoms with Crippen molar-refractivity contribution in [2.75, 3.05) is 11.1 Å². The van der Waals surface area contributed by atoms with E-state index < -0.39 is 0 Å². The Balaban J connectivity index is 1.28. The second-order valence-electron chi connectivity index (χ2n) is 6.92. The van der Waals surface area contributed by atoms with Gasteiger partial charge in [-0.2, -0.15) is 0 Å². The number of hydrogen-bond donors (Lipinski definition) is 1. The molecule has 0 radical (unpaired) electrons. The molecule has 1 aliphatic rings. The van der Waals surface area contributed by atoms with Gasteiger partial charge in [0.1, 0.15) is 11.5 Å². The van der Waals surface area contributed by atoms with Crippen molar-refractivity contribution in [2.24, 2.45) is 0 Å². The van der Waals surface area contributed by atoms with Gasteiger partial charge in [0.15, 0.2) is 5.16 Å². The van der Waals surface area contributed by atoms with E-state index in [0.29, 0.717) is 11.3 Å². The number of nitrogens with zero attached hydrogens (tertiary/aromatic N) is 2. The first kappa shape index (κ1) is 18.5. The van der Waals surface area contributed by atoms with Gasteiger partial charge in [-0.15, -0.1) is 0 Å². The molecule has 148 valence electrons. The maximum absolute atomic E-state index is 12.7. The van der Waals surface area contributed by atoms with E-state index in [4.69, 9.17) is 4.74 Å². The Morgan fingerprint density at radius 2 is 1.77 bits per heavy atom. The quantitative estimate of drug-likeness (QED) is 0.456. The fourth-order valence-electron chi connectivity index (χ4n) is 3.31. The average Bonchev–Trinajstić information content (AvgIpc) is 3.38. The number of aromatic nitrogens is 2. The fraction of sp³-hybridized carbons (Fsp3) is 0.0833. The third kappa shape index (κ3) is 3.95. The SMILES string of the molecule is O=C(Nc1cccc(-c2cn3c(n2)SCC3)c1)c1ccc(Oc2ccccc2)cc1. The number of thioether (sulfide) groups is 1. The van der Waals surface area contributed by atoms with Crippen molar-refractivity contribution in [3.8, 4) is 22.8 Å².